The van der Waals surface area contributed by atoms with Crippen LogP contribution in [-0.4, -0.2) is 24.4 Å². The molecule has 4 nitrogen and oxygen atoms in total. The van der Waals surface area contributed by atoms with Gasteiger partial charge in [0.05, 0.1) is 6.54 Å². The number of nitrogens with two attached hydrogens (primary N) is 2. The van der Waals surface area contributed by atoms with E-state index in [9.17, 15) is 0 Å². The summed E-state index contributed by atoms with van der Waals surface area (Å²) in [5.41, 5.74) is 10.2. The number of hydrogen-bond donors (Lipinski definition) is 4. The predicted molar refractivity (Wildman–Crippen MR) is 47.1 cm³/mol. The Bertz CT molecular complexity index is 108. The van der Waals surface area contributed by atoms with Crippen LogP contribution in [0.4, 0.5) is 0 Å². The van der Waals surface area contributed by atoms with Gasteiger partial charge in [0.25, 0.3) is 0 Å². The first-order valence-corrected chi connectivity index (χ1v) is 3.61. The summed E-state index contributed by atoms with van der Waals surface area (Å²) >= 11 is 4.10. The molecule has 0 amide bonds. The van der Waals surface area contributed by atoms with E-state index in [0.717, 1.165) is 6.54 Å². The molecule has 0 rings (SSSR count). The third-order valence-corrected chi connectivity index (χ3v) is 1.03. The van der Waals surface area contributed by atoms with Crippen molar-refractivity contribution in [2.75, 3.05) is 13.1 Å². The molecule has 0 saturated heterocycles. The molecule has 1 atom stereocenters. The van der Waals surface area contributed by atoms with Gasteiger partial charge in [0.1, 0.15) is 0 Å². The van der Waals surface area contributed by atoms with Crippen LogP contribution in [0.2, 0.25) is 0 Å². The standard InChI is InChI=1S/C5H14N4S/c1-4(10)8-2-3-9-5(6)7/h4,8,10H,2-3H2,1H3,(H4,6,7,9). The molecule has 60 valence electrons. The van der Waals surface area contributed by atoms with Crippen LogP contribution in [0.5, 0.6) is 0 Å². The van der Waals surface area contributed by atoms with Crippen molar-refractivity contribution in [3.05, 3.63) is 0 Å². The quantitative estimate of drug-likeness (QED) is 0.143. The third-order valence-electron chi connectivity index (χ3n) is 0.846. The SMILES string of the molecule is CC(S)NCCN=C(N)N. The van der Waals surface area contributed by atoms with E-state index in [4.69, 9.17) is 11.5 Å². The van der Waals surface area contributed by atoms with E-state index in [1.165, 1.54) is 0 Å². The average Bonchev–Trinajstić information content (AvgIpc) is 1.79. The number of nitrogens with zero attached hydrogens (tertiary/aromatic N) is 1. The molecule has 0 aliphatic rings. The van der Waals surface area contributed by atoms with Gasteiger partial charge < -0.3 is 16.8 Å². The summed E-state index contributed by atoms with van der Waals surface area (Å²) in [5, 5.41) is 3.24. The van der Waals surface area contributed by atoms with Gasteiger partial charge in [-0.25, -0.2) is 0 Å². The summed E-state index contributed by atoms with van der Waals surface area (Å²) in [7, 11) is 0. The second kappa shape index (κ2) is 5.37. The van der Waals surface area contributed by atoms with Gasteiger partial charge in [-0.3, -0.25) is 4.99 Å². The number of thiol groups is 1. The van der Waals surface area contributed by atoms with Gasteiger partial charge in [0.2, 0.25) is 0 Å². The van der Waals surface area contributed by atoms with Gasteiger partial charge in [-0.1, -0.05) is 0 Å². The molecule has 0 aromatic rings. The normalized spacial score (nSPS) is 12.6. The molecule has 10 heavy (non-hydrogen) atoms. The van der Waals surface area contributed by atoms with E-state index in [0.29, 0.717) is 6.54 Å². The van der Waals surface area contributed by atoms with Gasteiger partial charge in [0, 0.05) is 11.9 Å². The Labute approximate surface area is 66.5 Å². The first-order chi connectivity index (χ1) is 4.63. The highest BCUT2D eigenvalue weighted by molar-refractivity contribution is 7.80. The van der Waals surface area contributed by atoms with Crippen molar-refractivity contribution in [3.8, 4) is 0 Å². The number of nitrogens with one attached hydrogen (secondary N) is 1. The van der Waals surface area contributed by atoms with Gasteiger partial charge >= 0.3 is 0 Å². The fourth-order valence-corrected chi connectivity index (χ4v) is 0.588. The largest absolute Gasteiger partial charge is 0.370 e. The first-order valence-electron chi connectivity index (χ1n) is 3.09. The third kappa shape index (κ3) is 7.58. The summed E-state index contributed by atoms with van der Waals surface area (Å²) in [6, 6.07) is 0. The molecule has 0 saturated carbocycles. The molecule has 1 unspecified atom stereocenters. The maximum Gasteiger partial charge on any atom is 0.185 e. The monoisotopic (exact) mass is 162 g/mol. The molecule has 5 heteroatoms. The fraction of sp³-hybridized carbons (Fsp3) is 0.800. The van der Waals surface area contributed by atoms with Crippen LogP contribution < -0.4 is 16.8 Å². The van der Waals surface area contributed by atoms with Crippen molar-refractivity contribution in [3.63, 3.8) is 0 Å². The van der Waals surface area contributed by atoms with Crippen molar-refractivity contribution >= 4 is 18.6 Å². The Morgan fingerprint density at radius 1 is 1.70 bits per heavy atom. The van der Waals surface area contributed by atoms with Gasteiger partial charge in [-0.2, -0.15) is 12.6 Å². The Morgan fingerprint density at radius 3 is 2.70 bits per heavy atom. The minimum Gasteiger partial charge on any atom is -0.370 e. The summed E-state index contributed by atoms with van der Waals surface area (Å²) in [4.78, 5) is 3.77. The van der Waals surface area contributed by atoms with Crippen LogP contribution in [0.15, 0.2) is 4.99 Å². The Balaban J connectivity index is 3.13. The highest BCUT2D eigenvalue weighted by atomic mass is 32.1. The van der Waals surface area contributed by atoms with Crippen LogP contribution in [0.3, 0.4) is 0 Å². The van der Waals surface area contributed by atoms with Crippen LogP contribution in [0, 0.1) is 0 Å². The molecular formula is C5H14N4S. The van der Waals surface area contributed by atoms with Gasteiger partial charge in [-0.05, 0) is 6.92 Å². The molecule has 0 aliphatic carbocycles. The van der Waals surface area contributed by atoms with E-state index in [-0.39, 0.29) is 11.3 Å². The second-order valence-electron chi connectivity index (χ2n) is 1.94. The zero-order valence-corrected chi connectivity index (χ0v) is 6.94. The smallest absolute Gasteiger partial charge is 0.185 e. The summed E-state index contributed by atoms with van der Waals surface area (Å²) in [5.74, 6) is 0.133. The molecule has 0 fully saturated rings. The lowest BCUT2D eigenvalue weighted by atomic mass is 10.6. The second-order valence-corrected chi connectivity index (χ2v) is 2.71. The molecule has 5 N–H and O–H groups in total. The highest BCUT2D eigenvalue weighted by Gasteiger charge is 1.89. The van der Waals surface area contributed by atoms with E-state index in [2.05, 4.69) is 22.9 Å². The Kier molecular flexibility index (Phi) is 5.15. The number of rotatable bonds is 4. The predicted octanol–water partition coefficient (Wildman–Crippen LogP) is -0.875. The zero-order valence-electron chi connectivity index (χ0n) is 6.04. The van der Waals surface area contributed by atoms with Crippen molar-refractivity contribution in [2.24, 2.45) is 16.5 Å². The van der Waals surface area contributed by atoms with E-state index < -0.39 is 0 Å². The summed E-state index contributed by atoms with van der Waals surface area (Å²) < 4.78 is 0. The summed E-state index contributed by atoms with van der Waals surface area (Å²) in [6.07, 6.45) is 0. The van der Waals surface area contributed by atoms with Crippen molar-refractivity contribution in [2.45, 2.75) is 12.3 Å². The molecule has 0 aliphatic heterocycles. The number of hydrogen-bond acceptors (Lipinski definition) is 3. The maximum absolute atomic E-state index is 5.09. The van der Waals surface area contributed by atoms with Gasteiger partial charge in [-0.15, -0.1) is 0 Å². The van der Waals surface area contributed by atoms with Gasteiger partial charge in [0.15, 0.2) is 5.96 Å². The molecule has 0 bridgehead atoms. The minimum atomic E-state index is 0.133. The van der Waals surface area contributed by atoms with Crippen molar-refractivity contribution in [1.82, 2.24) is 5.32 Å². The molecule has 0 aromatic carbocycles. The minimum absolute atomic E-state index is 0.133. The first kappa shape index (κ1) is 9.58. The molecular weight excluding hydrogens is 148 g/mol. The van der Waals surface area contributed by atoms with Crippen LogP contribution in [0.1, 0.15) is 6.92 Å². The Morgan fingerprint density at radius 2 is 2.30 bits per heavy atom. The lowest BCUT2D eigenvalue weighted by Crippen LogP contribution is -2.27. The van der Waals surface area contributed by atoms with Crippen LogP contribution in [0.25, 0.3) is 0 Å². The lowest BCUT2D eigenvalue weighted by Gasteiger charge is -2.03. The summed E-state index contributed by atoms with van der Waals surface area (Å²) in [6.45, 7) is 3.30. The fourth-order valence-electron chi connectivity index (χ4n) is 0.458. The molecule has 0 aromatic heterocycles. The zero-order chi connectivity index (χ0) is 7.98. The maximum atomic E-state index is 5.09. The topological polar surface area (TPSA) is 76.4 Å². The van der Waals surface area contributed by atoms with E-state index >= 15 is 0 Å². The van der Waals surface area contributed by atoms with E-state index in [1.54, 1.807) is 0 Å². The molecule has 0 heterocycles. The Hall–Kier alpha value is -0.420. The van der Waals surface area contributed by atoms with Crippen LogP contribution in [-0.2, 0) is 0 Å². The lowest BCUT2D eigenvalue weighted by molar-refractivity contribution is 0.693. The number of aliphatic imine (C=N–C) groups is 1. The average molecular weight is 162 g/mol. The molecule has 0 radical (unpaired) electrons. The van der Waals surface area contributed by atoms with Crippen molar-refractivity contribution < 1.29 is 0 Å². The number of guanidine groups is 1. The highest BCUT2D eigenvalue weighted by Crippen LogP contribution is 1.83. The van der Waals surface area contributed by atoms with E-state index in [1.807, 2.05) is 6.92 Å². The van der Waals surface area contributed by atoms with Crippen LogP contribution >= 0.6 is 12.6 Å². The van der Waals surface area contributed by atoms with Crippen molar-refractivity contribution in [1.29, 1.82) is 0 Å². The molecule has 0 spiro atoms.